The summed E-state index contributed by atoms with van der Waals surface area (Å²) in [5, 5.41) is 12.6. The molecule has 0 aromatic heterocycles. The molecule has 0 saturated carbocycles. The Kier molecular flexibility index (Phi) is 6.13. The number of rotatable bonds is 6. The lowest BCUT2D eigenvalue weighted by Crippen LogP contribution is -2.08. The third kappa shape index (κ3) is 4.43. The number of halogens is 2. The van der Waals surface area contributed by atoms with E-state index < -0.39 is 0 Å². The molecule has 0 aliphatic heterocycles. The smallest absolute Gasteiger partial charge is 0.142 e. The lowest BCUT2D eigenvalue weighted by molar-refractivity contribution is 0.309. The third-order valence-corrected chi connectivity index (χ3v) is 2.63. The first kappa shape index (κ1) is 14.1. The van der Waals surface area contributed by atoms with Gasteiger partial charge in [0, 0.05) is 23.6 Å². The van der Waals surface area contributed by atoms with Crippen LogP contribution in [0.5, 0.6) is 5.75 Å². The highest BCUT2D eigenvalue weighted by molar-refractivity contribution is 6.35. The van der Waals surface area contributed by atoms with Crippen LogP contribution in [0.25, 0.3) is 0 Å². The average molecular weight is 273 g/mol. The molecule has 0 aliphatic carbocycles. The van der Waals surface area contributed by atoms with Crippen molar-refractivity contribution in [2.24, 2.45) is 0 Å². The molecule has 3 nitrogen and oxygen atoms in total. The van der Waals surface area contributed by atoms with Crippen molar-refractivity contribution in [2.75, 3.05) is 13.7 Å². The summed E-state index contributed by atoms with van der Waals surface area (Å²) in [4.78, 5) is 0. The Morgan fingerprint density at radius 2 is 2.18 bits per heavy atom. The molecule has 0 aliphatic rings. The SMILES string of the molecule is CNCc1cc(Cl)cc(Cl)c1OCCCC#N. The van der Waals surface area contributed by atoms with Gasteiger partial charge in [-0.25, -0.2) is 0 Å². The highest BCUT2D eigenvalue weighted by atomic mass is 35.5. The van der Waals surface area contributed by atoms with Gasteiger partial charge in [0.05, 0.1) is 17.7 Å². The van der Waals surface area contributed by atoms with E-state index in [2.05, 4.69) is 11.4 Å². The quantitative estimate of drug-likeness (QED) is 0.808. The van der Waals surface area contributed by atoms with E-state index in [0.29, 0.717) is 41.8 Å². The average Bonchev–Trinajstić information content (AvgIpc) is 2.27. The first-order valence-corrected chi connectivity index (χ1v) is 6.07. The summed E-state index contributed by atoms with van der Waals surface area (Å²) in [6, 6.07) is 5.55. The molecule has 0 unspecified atom stereocenters. The maximum atomic E-state index is 8.43. The number of hydrogen-bond acceptors (Lipinski definition) is 3. The van der Waals surface area contributed by atoms with Crippen molar-refractivity contribution >= 4 is 23.2 Å². The van der Waals surface area contributed by atoms with Gasteiger partial charge in [-0.05, 0) is 25.6 Å². The van der Waals surface area contributed by atoms with Crippen LogP contribution in [0.2, 0.25) is 10.0 Å². The summed E-state index contributed by atoms with van der Waals surface area (Å²) in [5.74, 6) is 0.642. The maximum absolute atomic E-state index is 8.43. The lowest BCUT2D eigenvalue weighted by atomic mass is 10.2. The highest BCUT2D eigenvalue weighted by Crippen LogP contribution is 2.32. The highest BCUT2D eigenvalue weighted by Gasteiger charge is 2.10. The monoisotopic (exact) mass is 272 g/mol. The Bertz CT molecular complexity index is 416. The zero-order valence-electron chi connectivity index (χ0n) is 9.59. The van der Waals surface area contributed by atoms with Gasteiger partial charge in [-0.2, -0.15) is 5.26 Å². The van der Waals surface area contributed by atoms with Crippen molar-refractivity contribution in [3.05, 3.63) is 27.7 Å². The normalized spacial score (nSPS) is 10.0. The van der Waals surface area contributed by atoms with E-state index >= 15 is 0 Å². The van der Waals surface area contributed by atoms with Gasteiger partial charge in [-0.15, -0.1) is 0 Å². The molecular formula is C12H14Cl2N2O. The van der Waals surface area contributed by atoms with Crippen LogP contribution in [-0.2, 0) is 6.54 Å². The van der Waals surface area contributed by atoms with E-state index in [1.807, 2.05) is 13.1 Å². The number of hydrogen-bond donors (Lipinski definition) is 1. The van der Waals surface area contributed by atoms with Crippen LogP contribution in [0, 0.1) is 11.3 Å². The van der Waals surface area contributed by atoms with Crippen LogP contribution in [0.3, 0.4) is 0 Å². The van der Waals surface area contributed by atoms with Gasteiger partial charge in [0.1, 0.15) is 5.75 Å². The van der Waals surface area contributed by atoms with E-state index in [1.165, 1.54) is 0 Å². The van der Waals surface area contributed by atoms with Crippen molar-refractivity contribution in [3.63, 3.8) is 0 Å². The summed E-state index contributed by atoms with van der Waals surface area (Å²) < 4.78 is 5.60. The van der Waals surface area contributed by atoms with Crippen molar-refractivity contribution in [1.82, 2.24) is 5.32 Å². The topological polar surface area (TPSA) is 45.0 Å². The fraction of sp³-hybridized carbons (Fsp3) is 0.417. The number of nitriles is 1. The van der Waals surface area contributed by atoms with Crippen LogP contribution in [-0.4, -0.2) is 13.7 Å². The molecule has 5 heteroatoms. The van der Waals surface area contributed by atoms with Crippen LogP contribution < -0.4 is 10.1 Å². The Hall–Kier alpha value is -0.950. The minimum atomic E-state index is 0.478. The van der Waals surface area contributed by atoms with Crippen molar-refractivity contribution in [3.8, 4) is 11.8 Å². The van der Waals surface area contributed by atoms with Gasteiger partial charge in [-0.1, -0.05) is 23.2 Å². The fourth-order valence-electron chi connectivity index (χ4n) is 1.42. The Labute approximate surface area is 111 Å². The fourth-order valence-corrected chi connectivity index (χ4v) is 2.01. The standard InChI is InChI=1S/C12H14Cl2N2O/c1-16-8-9-6-10(13)7-11(14)12(9)17-5-3-2-4-15/h6-7,16H,2-3,5,8H2,1H3. The van der Waals surface area contributed by atoms with Crippen LogP contribution in [0.4, 0.5) is 0 Å². The minimum absolute atomic E-state index is 0.478. The first-order chi connectivity index (χ1) is 8.19. The number of nitrogens with one attached hydrogen (secondary N) is 1. The molecule has 1 aromatic rings. The zero-order chi connectivity index (χ0) is 12.7. The first-order valence-electron chi connectivity index (χ1n) is 5.31. The number of nitrogens with zero attached hydrogens (tertiary/aromatic N) is 1. The third-order valence-electron chi connectivity index (χ3n) is 2.13. The summed E-state index contributed by atoms with van der Waals surface area (Å²) in [5.41, 5.74) is 0.918. The molecule has 0 spiro atoms. The summed E-state index contributed by atoms with van der Waals surface area (Å²) in [7, 11) is 1.84. The molecule has 0 atom stereocenters. The zero-order valence-corrected chi connectivity index (χ0v) is 11.1. The van der Waals surface area contributed by atoms with E-state index in [1.54, 1.807) is 6.07 Å². The Morgan fingerprint density at radius 3 is 2.82 bits per heavy atom. The Morgan fingerprint density at radius 1 is 1.41 bits per heavy atom. The van der Waals surface area contributed by atoms with Gasteiger partial charge < -0.3 is 10.1 Å². The summed E-state index contributed by atoms with van der Waals surface area (Å²) in [6.45, 7) is 1.11. The van der Waals surface area contributed by atoms with E-state index in [4.69, 9.17) is 33.2 Å². The predicted molar refractivity (Wildman–Crippen MR) is 69.6 cm³/mol. The second-order valence-electron chi connectivity index (χ2n) is 3.52. The van der Waals surface area contributed by atoms with Gasteiger partial charge in [0.15, 0.2) is 0 Å². The molecule has 0 fully saturated rings. The molecule has 17 heavy (non-hydrogen) atoms. The van der Waals surface area contributed by atoms with E-state index in [9.17, 15) is 0 Å². The van der Waals surface area contributed by atoms with Crippen molar-refractivity contribution in [1.29, 1.82) is 5.26 Å². The minimum Gasteiger partial charge on any atom is -0.492 e. The molecule has 92 valence electrons. The lowest BCUT2D eigenvalue weighted by Gasteiger charge is -2.13. The van der Waals surface area contributed by atoms with Gasteiger partial charge in [-0.3, -0.25) is 0 Å². The van der Waals surface area contributed by atoms with Gasteiger partial charge in [0.25, 0.3) is 0 Å². The Balaban J connectivity index is 2.77. The number of ether oxygens (including phenoxy) is 1. The molecule has 0 heterocycles. The van der Waals surface area contributed by atoms with E-state index in [0.717, 1.165) is 5.56 Å². The van der Waals surface area contributed by atoms with Gasteiger partial charge in [0.2, 0.25) is 0 Å². The maximum Gasteiger partial charge on any atom is 0.142 e. The molecular weight excluding hydrogens is 259 g/mol. The molecule has 1 N–H and O–H groups in total. The van der Waals surface area contributed by atoms with Crippen LogP contribution >= 0.6 is 23.2 Å². The largest absolute Gasteiger partial charge is 0.492 e. The van der Waals surface area contributed by atoms with Crippen molar-refractivity contribution < 1.29 is 4.74 Å². The van der Waals surface area contributed by atoms with E-state index in [-0.39, 0.29) is 0 Å². The molecule has 0 saturated heterocycles. The number of unbranched alkanes of at least 4 members (excludes halogenated alkanes) is 1. The predicted octanol–water partition coefficient (Wildman–Crippen LogP) is 3.40. The molecule has 0 amide bonds. The van der Waals surface area contributed by atoms with Gasteiger partial charge >= 0.3 is 0 Å². The second-order valence-corrected chi connectivity index (χ2v) is 4.36. The summed E-state index contributed by atoms with van der Waals surface area (Å²) >= 11 is 12.0. The molecule has 0 bridgehead atoms. The van der Waals surface area contributed by atoms with Crippen molar-refractivity contribution in [2.45, 2.75) is 19.4 Å². The summed E-state index contributed by atoms with van der Waals surface area (Å²) in [6.07, 6.45) is 1.17. The number of benzene rings is 1. The van der Waals surface area contributed by atoms with Crippen LogP contribution in [0.1, 0.15) is 18.4 Å². The molecule has 1 rings (SSSR count). The molecule has 1 aromatic carbocycles. The molecule has 0 radical (unpaired) electrons. The second kappa shape index (κ2) is 7.39. The van der Waals surface area contributed by atoms with Crippen LogP contribution in [0.15, 0.2) is 12.1 Å².